The van der Waals surface area contributed by atoms with Gasteiger partial charge in [-0.15, -0.1) is 0 Å². The lowest BCUT2D eigenvalue weighted by Gasteiger charge is -2.27. The molecule has 0 atom stereocenters. The Balaban J connectivity index is 1.91. The topological polar surface area (TPSA) is 55.6 Å². The van der Waals surface area contributed by atoms with Gasteiger partial charge in [-0.1, -0.05) is 12.1 Å². The van der Waals surface area contributed by atoms with Gasteiger partial charge in [-0.3, -0.25) is 4.79 Å². The number of hydrogen-bond acceptors (Lipinski definition) is 3. The molecular weight excluding hydrogens is 252 g/mol. The van der Waals surface area contributed by atoms with E-state index in [2.05, 4.69) is 0 Å². The second-order valence-corrected chi connectivity index (χ2v) is 5.48. The van der Waals surface area contributed by atoms with Crippen LogP contribution in [0, 0.1) is 5.92 Å². The molecule has 20 heavy (non-hydrogen) atoms. The van der Waals surface area contributed by atoms with Crippen LogP contribution in [0.15, 0.2) is 24.3 Å². The van der Waals surface area contributed by atoms with Gasteiger partial charge < -0.3 is 15.4 Å². The summed E-state index contributed by atoms with van der Waals surface area (Å²) in [5.41, 5.74) is 7.45. The van der Waals surface area contributed by atoms with Gasteiger partial charge in [0.2, 0.25) is 0 Å². The molecule has 1 fully saturated rings. The van der Waals surface area contributed by atoms with Crippen LogP contribution in [-0.2, 0) is 11.2 Å². The van der Waals surface area contributed by atoms with E-state index in [1.807, 2.05) is 36.2 Å². The second-order valence-electron chi connectivity index (χ2n) is 5.48. The van der Waals surface area contributed by atoms with Crippen LogP contribution in [0.1, 0.15) is 28.8 Å². The maximum atomic E-state index is 12.4. The number of nitrogens with two attached hydrogens (primary N) is 1. The fraction of sp³-hybridized carbons (Fsp3) is 0.562. The minimum atomic E-state index is 0.0933. The molecule has 1 aromatic rings. The van der Waals surface area contributed by atoms with Crippen LogP contribution in [0.25, 0.3) is 0 Å². The molecule has 0 saturated carbocycles. The zero-order chi connectivity index (χ0) is 14.4. The third kappa shape index (κ3) is 4.05. The van der Waals surface area contributed by atoms with Crippen molar-refractivity contribution in [2.75, 3.05) is 33.4 Å². The Morgan fingerprint density at radius 3 is 2.55 bits per heavy atom. The largest absolute Gasteiger partial charge is 0.381 e. The summed E-state index contributed by atoms with van der Waals surface area (Å²) in [6.07, 6.45) is 2.95. The van der Waals surface area contributed by atoms with Crippen molar-refractivity contribution in [3.05, 3.63) is 35.4 Å². The highest BCUT2D eigenvalue weighted by molar-refractivity contribution is 5.94. The smallest absolute Gasteiger partial charge is 0.253 e. The van der Waals surface area contributed by atoms with Crippen LogP contribution in [0.4, 0.5) is 0 Å². The van der Waals surface area contributed by atoms with E-state index in [-0.39, 0.29) is 5.91 Å². The van der Waals surface area contributed by atoms with Gasteiger partial charge in [0, 0.05) is 32.4 Å². The minimum Gasteiger partial charge on any atom is -0.381 e. The summed E-state index contributed by atoms with van der Waals surface area (Å²) in [5.74, 6) is 0.657. The molecule has 2 rings (SSSR count). The van der Waals surface area contributed by atoms with Gasteiger partial charge >= 0.3 is 0 Å². The Hall–Kier alpha value is -1.39. The van der Waals surface area contributed by atoms with Crippen molar-refractivity contribution in [2.24, 2.45) is 11.7 Å². The molecule has 0 spiro atoms. The molecule has 1 aliphatic heterocycles. The molecule has 1 heterocycles. The molecule has 1 saturated heterocycles. The van der Waals surface area contributed by atoms with Gasteiger partial charge in [-0.25, -0.2) is 0 Å². The van der Waals surface area contributed by atoms with E-state index >= 15 is 0 Å². The quantitative estimate of drug-likeness (QED) is 0.890. The molecule has 0 aromatic heterocycles. The molecule has 0 radical (unpaired) electrons. The predicted molar refractivity (Wildman–Crippen MR) is 79.7 cm³/mol. The monoisotopic (exact) mass is 276 g/mol. The van der Waals surface area contributed by atoms with E-state index in [0.29, 0.717) is 12.5 Å². The highest BCUT2D eigenvalue weighted by atomic mass is 16.5. The van der Waals surface area contributed by atoms with Crippen LogP contribution in [0.3, 0.4) is 0 Å². The summed E-state index contributed by atoms with van der Waals surface area (Å²) in [6.45, 7) is 3.09. The first-order valence-electron chi connectivity index (χ1n) is 7.33. The average molecular weight is 276 g/mol. The fourth-order valence-corrected chi connectivity index (χ4v) is 2.60. The average Bonchev–Trinajstić information content (AvgIpc) is 2.48. The molecule has 0 unspecified atom stereocenters. The Labute approximate surface area is 120 Å². The number of benzene rings is 1. The molecule has 4 nitrogen and oxygen atoms in total. The van der Waals surface area contributed by atoms with Gasteiger partial charge in [-0.05, 0) is 49.4 Å². The Morgan fingerprint density at radius 1 is 1.30 bits per heavy atom. The highest BCUT2D eigenvalue weighted by Gasteiger charge is 2.19. The molecule has 4 heteroatoms. The molecule has 0 aliphatic carbocycles. The Bertz CT molecular complexity index is 425. The predicted octanol–water partition coefficient (Wildman–Crippen LogP) is 1.69. The summed E-state index contributed by atoms with van der Waals surface area (Å²) >= 11 is 0. The first-order chi connectivity index (χ1) is 9.70. The fourth-order valence-electron chi connectivity index (χ4n) is 2.60. The molecule has 1 aliphatic rings. The van der Waals surface area contributed by atoms with Crippen molar-refractivity contribution in [1.82, 2.24) is 4.90 Å². The standard InChI is InChI=1S/C16H24N2O2/c1-18(12-14-7-10-20-11-8-14)16(19)15-4-2-13(3-5-15)6-9-17/h2-5,14H,6-12,17H2,1H3. The summed E-state index contributed by atoms with van der Waals surface area (Å²) < 4.78 is 5.35. The first-order valence-corrected chi connectivity index (χ1v) is 7.33. The van der Waals surface area contributed by atoms with E-state index in [9.17, 15) is 4.79 Å². The third-order valence-corrected chi connectivity index (χ3v) is 3.85. The van der Waals surface area contributed by atoms with Crippen LogP contribution in [-0.4, -0.2) is 44.2 Å². The van der Waals surface area contributed by atoms with Crippen molar-refractivity contribution in [1.29, 1.82) is 0 Å². The van der Waals surface area contributed by atoms with Crippen LogP contribution < -0.4 is 5.73 Å². The van der Waals surface area contributed by atoms with Crippen molar-refractivity contribution in [3.8, 4) is 0 Å². The maximum absolute atomic E-state index is 12.4. The highest BCUT2D eigenvalue weighted by Crippen LogP contribution is 2.17. The van der Waals surface area contributed by atoms with Gasteiger partial charge in [0.25, 0.3) is 5.91 Å². The molecule has 0 bridgehead atoms. The van der Waals surface area contributed by atoms with Gasteiger partial charge in [0.05, 0.1) is 0 Å². The molecule has 1 amide bonds. The van der Waals surface area contributed by atoms with Gasteiger partial charge in [0.15, 0.2) is 0 Å². The lowest BCUT2D eigenvalue weighted by molar-refractivity contribution is 0.0497. The number of rotatable bonds is 5. The van der Waals surface area contributed by atoms with E-state index in [1.165, 1.54) is 5.56 Å². The lowest BCUT2D eigenvalue weighted by atomic mass is 9.99. The first kappa shape index (κ1) is 15.0. The summed E-state index contributed by atoms with van der Waals surface area (Å²) in [5, 5.41) is 0. The SMILES string of the molecule is CN(CC1CCOCC1)C(=O)c1ccc(CCN)cc1. The number of amides is 1. The summed E-state index contributed by atoms with van der Waals surface area (Å²) in [6, 6.07) is 7.77. The van der Waals surface area contributed by atoms with Gasteiger partial charge in [-0.2, -0.15) is 0 Å². The number of carbonyl (C=O) groups excluding carboxylic acids is 1. The normalized spacial score (nSPS) is 16.1. The van der Waals surface area contributed by atoms with Gasteiger partial charge in [0.1, 0.15) is 0 Å². The molecule has 1 aromatic carbocycles. The molecule has 110 valence electrons. The number of nitrogens with zero attached hydrogens (tertiary/aromatic N) is 1. The van der Waals surface area contributed by atoms with Crippen molar-refractivity contribution in [2.45, 2.75) is 19.3 Å². The van der Waals surface area contributed by atoms with Crippen LogP contribution >= 0.6 is 0 Å². The second kappa shape index (κ2) is 7.41. The number of carbonyl (C=O) groups is 1. The molecular formula is C16H24N2O2. The van der Waals surface area contributed by atoms with Crippen molar-refractivity contribution >= 4 is 5.91 Å². The molecule has 2 N–H and O–H groups in total. The Kier molecular flexibility index (Phi) is 5.56. The minimum absolute atomic E-state index is 0.0933. The lowest BCUT2D eigenvalue weighted by Crippen LogP contribution is -2.34. The third-order valence-electron chi connectivity index (χ3n) is 3.85. The number of hydrogen-bond donors (Lipinski definition) is 1. The number of ether oxygens (including phenoxy) is 1. The summed E-state index contributed by atoms with van der Waals surface area (Å²) in [7, 11) is 1.88. The zero-order valence-corrected chi connectivity index (χ0v) is 12.2. The van der Waals surface area contributed by atoms with Crippen molar-refractivity contribution in [3.63, 3.8) is 0 Å². The zero-order valence-electron chi connectivity index (χ0n) is 12.2. The van der Waals surface area contributed by atoms with E-state index in [4.69, 9.17) is 10.5 Å². The van der Waals surface area contributed by atoms with Crippen LogP contribution in [0.2, 0.25) is 0 Å². The Morgan fingerprint density at radius 2 is 1.95 bits per heavy atom. The van der Waals surface area contributed by atoms with E-state index in [1.54, 1.807) is 0 Å². The van der Waals surface area contributed by atoms with E-state index < -0.39 is 0 Å². The van der Waals surface area contributed by atoms with Crippen LogP contribution in [0.5, 0.6) is 0 Å². The van der Waals surface area contributed by atoms with Crippen molar-refractivity contribution < 1.29 is 9.53 Å². The maximum Gasteiger partial charge on any atom is 0.253 e. The van der Waals surface area contributed by atoms with E-state index in [0.717, 1.165) is 44.6 Å². The summed E-state index contributed by atoms with van der Waals surface area (Å²) in [4.78, 5) is 14.2.